The third kappa shape index (κ3) is 1.67. The Bertz CT molecular complexity index is 238. The predicted molar refractivity (Wildman–Crippen MR) is 45.3 cm³/mol. The van der Waals surface area contributed by atoms with Crippen molar-refractivity contribution >= 4 is 16.4 Å². The van der Waals surface area contributed by atoms with Crippen molar-refractivity contribution in [2.75, 3.05) is 6.26 Å². The Balaban J connectivity index is 3.00. The normalized spacial score (nSPS) is 13.0. The van der Waals surface area contributed by atoms with Crippen molar-refractivity contribution in [2.24, 2.45) is 0 Å². The Morgan fingerprint density at radius 2 is 1.80 bits per heavy atom. The maximum absolute atomic E-state index is 12.3. The first kappa shape index (κ1) is 7.48. The van der Waals surface area contributed by atoms with Gasteiger partial charge < -0.3 is 0 Å². The van der Waals surface area contributed by atoms with Gasteiger partial charge in [-0.2, -0.15) is 10.5 Å². The van der Waals surface area contributed by atoms with Crippen LogP contribution in [-0.4, -0.2) is 12.1 Å². The van der Waals surface area contributed by atoms with E-state index in [1.165, 1.54) is 12.1 Å². The third-order valence-electron chi connectivity index (χ3n) is 1.22. The molecule has 0 amide bonds. The first-order valence-electron chi connectivity index (χ1n) is 2.91. The SMILES string of the molecule is C=S(C)c1ccc(F)cc1. The quantitative estimate of drug-likeness (QED) is 0.548. The van der Waals surface area contributed by atoms with Gasteiger partial charge in [0.1, 0.15) is 5.82 Å². The first-order chi connectivity index (χ1) is 4.70. The zero-order valence-corrected chi connectivity index (χ0v) is 6.62. The minimum absolute atomic E-state index is 0.00389. The highest BCUT2D eigenvalue weighted by Gasteiger charge is 1.90. The molecular formula is C8H9FS. The van der Waals surface area contributed by atoms with Crippen LogP contribution < -0.4 is 0 Å². The van der Waals surface area contributed by atoms with Crippen LogP contribution in [0.1, 0.15) is 0 Å². The molecule has 0 fully saturated rings. The molecule has 1 aromatic rings. The minimum Gasteiger partial charge on any atom is -0.207 e. The monoisotopic (exact) mass is 156 g/mol. The number of halogens is 1. The van der Waals surface area contributed by atoms with Crippen molar-refractivity contribution in [3.63, 3.8) is 0 Å². The fraction of sp³-hybridized carbons (Fsp3) is 0.125. The van der Waals surface area contributed by atoms with Crippen molar-refractivity contribution < 1.29 is 4.39 Å². The van der Waals surface area contributed by atoms with Crippen LogP contribution in [0.25, 0.3) is 0 Å². The number of benzene rings is 1. The van der Waals surface area contributed by atoms with E-state index >= 15 is 0 Å². The fourth-order valence-corrected chi connectivity index (χ4v) is 1.27. The number of hydrogen-bond donors (Lipinski definition) is 0. The van der Waals surface area contributed by atoms with Crippen LogP contribution in [0.4, 0.5) is 4.39 Å². The summed E-state index contributed by atoms with van der Waals surface area (Å²) >= 11 is 0. The van der Waals surface area contributed by atoms with Gasteiger partial charge in [-0.1, -0.05) is 5.87 Å². The maximum atomic E-state index is 12.3. The lowest BCUT2D eigenvalue weighted by molar-refractivity contribution is 0.626. The lowest BCUT2D eigenvalue weighted by Gasteiger charge is -1.98. The molecule has 0 bridgehead atoms. The molecule has 1 atom stereocenters. The molecule has 0 nitrogen and oxygen atoms in total. The molecule has 2 heteroatoms. The van der Waals surface area contributed by atoms with E-state index in [4.69, 9.17) is 0 Å². The molecule has 0 spiro atoms. The molecule has 0 N–H and O–H groups in total. The summed E-state index contributed by atoms with van der Waals surface area (Å²) in [5.74, 6) is 3.66. The Morgan fingerprint density at radius 1 is 1.30 bits per heavy atom. The van der Waals surface area contributed by atoms with Crippen LogP contribution in [0.15, 0.2) is 29.2 Å². The van der Waals surface area contributed by atoms with Gasteiger partial charge >= 0.3 is 0 Å². The zero-order valence-electron chi connectivity index (χ0n) is 5.80. The fourth-order valence-electron chi connectivity index (χ4n) is 0.667. The van der Waals surface area contributed by atoms with E-state index in [1.807, 2.05) is 6.26 Å². The average molecular weight is 156 g/mol. The molecule has 0 aliphatic rings. The molecule has 1 aromatic carbocycles. The predicted octanol–water partition coefficient (Wildman–Crippen LogP) is 2.52. The lowest BCUT2D eigenvalue weighted by atomic mass is 10.4. The Morgan fingerprint density at radius 3 is 2.20 bits per heavy atom. The van der Waals surface area contributed by atoms with E-state index in [0.717, 1.165) is 4.90 Å². The van der Waals surface area contributed by atoms with Crippen molar-refractivity contribution in [3.05, 3.63) is 30.1 Å². The van der Waals surface area contributed by atoms with Gasteiger partial charge in [0, 0.05) is 4.90 Å². The summed E-state index contributed by atoms with van der Waals surface area (Å²) in [7, 11) is -0.00389. The van der Waals surface area contributed by atoms with Gasteiger partial charge in [0.15, 0.2) is 0 Å². The van der Waals surface area contributed by atoms with Crippen molar-refractivity contribution in [1.29, 1.82) is 0 Å². The van der Waals surface area contributed by atoms with Crippen LogP contribution in [0.5, 0.6) is 0 Å². The van der Waals surface area contributed by atoms with Crippen LogP contribution in [0, 0.1) is 5.82 Å². The van der Waals surface area contributed by atoms with Gasteiger partial charge in [-0.15, -0.1) is 0 Å². The maximum Gasteiger partial charge on any atom is 0.123 e. The van der Waals surface area contributed by atoms with E-state index in [-0.39, 0.29) is 16.3 Å². The summed E-state index contributed by atoms with van der Waals surface area (Å²) in [4.78, 5) is 1.10. The summed E-state index contributed by atoms with van der Waals surface area (Å²) in [6, 6.07) is 6.46. The number of rotatable bonds is 1. The summed E-state index contributed by atoms with van der Waals surface area (Å²) < 4.78 is 12.3. The summed E-state index contributed by atoms with van der Waals surface area (Å²) in [6.07, 6.45) is 2.01. The standard InChI is InChI=1S/C8H9FS/c1-10(2)8-5-3-7(9)4-6-8/h3-6H,1H2,2H3. The van der Waals surface area contributed by atoms with Crippen LogP contribution in [0.2, 0.25) is 0 Å². The smallest absolute Gasteiger partial charge is 0.123 e. The van der Waals surface area contributed by atoms with Gasteiger partial charge in [0.25, 0.3) is 0 Å². The van der Waals surface area contributed by atoms with E-state index in [2.05, 4.69) is 5.87 Å². The minimum atomic E-state index is -0.186. The highest BCUT2D eigenvalue weighted by molar-refractivity contribution is 8.13. The molecule has 0 radical (unpaired) electrons. The molecule has 0 saturated carbocycles. The van der Waals surface area contributed by atoms with E-state index in [9.17, 15) is 4.39 Å². The van der Waals surface area contributed by atoms with Gasteiger partial charge in [-0.05, 0) is 30.5 Å². The molecule has 0 aromatic heterocycles. The van der Waals surface area contributed by atoms with Gasteiger partial charge in [0.05, 0.1) is 0 Å². The highest BCUT2D eigenvalue weighted by Crippen LogP contribution is 2.19. The summed E-state index contributed by atoms with van der Waals surface area (Å²) in [6.45, 7) is 0. The first-order valence-corrected chi connectivity index (χ1v) is 4.71. The molecular weight excluding hydrogens is 147 g/mol. The Kier molecular flexibility index (Phi) is 2.22. The van der Waals surface area contributed by atoms with Crippen molar-refractivity contribution in [1.82, 2.24) is 0 Å². The molecule has 0 saturated heterocycles. The van der Waals surface area contributed by atoms with E-state index in [1.54, 1.807) is 12.1 Å². The molecule has 0 heterocycles. The molecule has 0 aliphatic carbocycles. The largest absolute Gasteiger partial charge is 0.207 e. The second-order valence-electron chi connectivity index (χ2n) is 2.09. The number of hydrogen-bond acceptors (Lipinski definition) is 0. The van der Waals surface area contributed by atoms with Crippen LogP contribution in [0.3, 0.4) is 0 Å². The Labute approximate surface area is 62.6 Å². The molecule has 0 aliphatic heterocycles. The topological polar surface area (TPSA) is 0 Å². The van der Waals surface area contributed by atoms with Crippen molar-refractivity contribution in [2.45, 2.75) is 4.90 Å². The summed E-state index contributed by atoms with van der Waals surface area (Å²) in [5.41, 5.74) is 0. The van der Waals surface area contributed by atoms with Crippen LogP contribution >= 0.6 is 10.5 Å². The van der Waals surface area contributed by atoms with E-state index < -0.39 is 0 Å². The average Bonchev–Trinajstić information content (AvgIpc) is 1.88. The molecule has 1 unspecified atom stereocenters. The second kappa shape index (κ2) is 2.97. The zero-order chi connectivity index (χ0) is 7.56. The molecule has 10 heavy (non-hydrogen) atoms. The van der Waals surface area contributed by atoms with Crippen molar-refractivity contribution in [3.8, 4) is 0 Å². The molecule has 54 valence electrons. The van der Waals surface area contributed by atoms with Gasteiger partial charge in [-0.3, -0.25) is 0 Å². The molecule has 1 rings (SSSR count). The van der Waals surface area contributed by atoms with Gasteiger partial charge in [0.2, 0.25) is 0 Å². The highest BCUT2D eigenvalue weighted by atomic mass is 32.2. The third-order valence-corrected chi connectivity index (χ3v) is 2.29. The lowest BCUT2D eigenvalue weighted by Crippen LogP contribution is -1.73. The van der Waals surface area contributed by atoms with Gasteiger partial charge in [-0.25, -0.2) is 4.39 Å². The van der Waals surface area contributed by atoms with Crippen LogP contribution in [-0.2, 0) is 0 Å². The Hall–Kier alpha value is -0.630. The second-order valence-corrected chi connectivity index (χ2v) is 3.84. The summed E-state index contributed by atoms with van der Waals surface area (Å²) in [5, 5.41) is 0. The van der Waals surface area contributed by atoms with E-state index in [0.29, 0.717) is 0 Å².